The molecule has 0 aliphatic carbocycles. The topological polar surface area (TPSA) is 96.9 Å². The van der Waals surface area contributed by atoms with E-state index in [1.54, 1.807) is 21.0 Å². The normalized spacial score (nSPS) is 14.6. The molecule has 16 heavy (non-hydrogen) atoms. The standard InChI is InChI=1S/C10H21N3O3/c1-7(16-4)5-6-8(14)12-10(2,3)9(11)13-15/h7,15H,5-6H2,1-4H3,(H2,11,13)(H,12,14). The van der Waals surface area contributed by atoms with Gasteiger partial charge in [-0.1, -0.05) is 5.16 Å². The lowest BCUT2D eigenvalue weighted by molar-refractivity contribution is -0.122. The monoisotopic (exact) mass is 231 g/mol. The second-order valence-corrected chi connectivity index (χ2v) is 4.24. The average Bonchev–Trinajstić information content (AvgIpc) is 2.23. The highest BCUT2D eigenvalue weighted by Crippen LogP contribution is 2.05. The molecule has 0 heterocycles. The van der Waals surface area contributed by atoms with E-state index in [2.05, 4.69) is 10.5 Å². The van der Waals surface area contributed by atoms with Gasteiger partial charge in [-0.25, -0.2) is 0 Å². The fourth-order valence-corrected chi connectivity index (χ4v) is 1.05. The largest absolute Gasteiger partial charge is 0.409 e. The molecule has 1 unspecified atom stereocenters. The van der Waals surface area contributed by atoms with Crippen molar-refractivity contribution in [1.29, 1.82) is 0 Å². The van der Waals surface area contributed by atoms with Gasteiger partial charge in [0.1, 0.15) is 0 Å². The zero-order chi connectivity index (χ0) is 12.8. The minimum absolute atomic E-state index is 0.0272. The Bertz CT molecular complexity index is 264. The van der Waals surface area contributed by atoms with Crippen molar-refractivity contribution in [3.8, 4) is 0 Å². The minimum Gasteiger partial charge on any atom is -0.409 e. The van der Waals surface area contributed by atoms with Crippen molar-refractivity contribution < 1.29 is 14.7 Å². The number of hydrogen-bond donors (Lipinski definition) is 3. The van der Waals surface area contributed by atoms with E-state index in [1.807, 2.05) is 6.92 Å². The van der Waals surface area contributed by atoms with Crippen molar-refractivity contribution in [3.63, 3.8) is 0 Å². The number of oxime groups is 1. The fraction of sp³-hybridized carbons (Fsp3) is 0.800. The number of ether oxygens (including phenoxy) is 1. The third-order valence-electron chi connectivity index (χ3n) is 2.38. The number of carbonyl (C=O) groups is 1. The molecule has 0 rings (SSSR count). The second-order valence-electron chi connectivity index (χ2n) is 4.24. The van der Waals surface area contributed by atoms with Crippen molar-refractivity contribution in [1.82, 2.24) is 5.32 Å². The summed E-state index contributed by atoms with van der Waals surface area (Å²) in [5.41, 5.74) is 4.60. The molecule has 1 atom stereocenters. The maximum absolute atomic E-state index is 11.5. The molecule has 0 radical (unpaired) electrons. The highest BCUT2D eigenvalue weighted by atomic mass is 16.5. The Hall–Kier alpha value is -1.30. The predicted octanol–water partition coefficient (Wildman–Crippen LogP) is 0.443. The number of hydrogen-bond acceptors (Lipinski definition) is 4. The smallest absolute Gasteiger partial charge is 0.220 e. The number of nitrogens with one attached hydrogen (secondary N) is 1. The summed E-state index contributed by atoms with van der Waals surface area (Å²) in [7, 11) is 1.60. The van der Waals surface area contributed by atoms with E-state index in [-0.39, 0.29) is 17.8 Å². The van der Waals surface area contributed by atoms with Crippen LogP contribution in [0.2, 0.25) is 0 Å². The highest BCUT2D eigenvalue weighted by molar-refractivity contribution is 5.93. The number of rotatable bonds is 6. The van der Waals surface area contributed by atoms with E-state index < -0.39 is 5.54 Å². The Balaban J connectivity index is 4.14. The molecule has 0 bridgehead atoms. The maximum Gasteiger partial charge on any atom is 0.220 e. The first-order valence-corrected chi connectivity index (χ1v) is 5.15. The van der Waals surface area contributed by atoms with Crippen LogP contribution in [0.1, 0.15) is 33.6 Å². The summed E-state index contributed by atoms with van der Waals surface area (Å²) in [4.78, 5) is 11.5. The van der Waals surface area contributed by atoms with Crippen LogP contribution in [-0.4, -0.2) is 35.7 Å². The van der Waals surface area contributed by atoms with Crippen LogP contribution in [0.25, 0.3) is 0 Å². The SMILES string of the molecule is COC(C)CCC(=O)NC(C)(C)C(N)=NO. The van der Waals surface area contributed by atoms with Crippen LogP contribution < -0.4 is 11.1 Å². The van der Waals surface area contributed by atoms with Gasteiger partial charge in [0.2, 0.25) is 5.91 Å². The summed E-state index contributed by atoms with van der Waals surface area (Å²) in [6.45, 7) is 5.22. The Morgan fingerprint density at radius 2 is 2.19 bits per heavy atom. The average molecular weight is 231 g/mol. The molecule has 0 aromatic heterocycles. The van der Waals surface area contributed by atoms with E-state index in [4.69, 9.17) is 15.7 Å². The van der Waals surface area contributed by atoms with Gasteiger partial charge in [-0.3, -0.25) is 4.79 Å². The van der Waals surface area contributed by atoms with Gasteiger partial charge in [-0.2, -0.15) is 0 Å². The molecule has 0 fully saturated rings. The number of amidine groups is 1. The van der Waals surface area contributed by atoms with Gasteiger partial charge in [0, 0.05) is 13.5 Å². The third kappa shape index (κ3) is 4.97. The van der Waals surface area contributed by atoms with Gasteiger partial charge in [-0.05, 0) is 27.2 Å². The Kier molecular flexibility index (Phi) is 5.81. The summed E-state index contributed by atoms with van der Waals surface area (Å²) in [6, 6.07) is 0. The van der Waals surface area contributed by atoms with Crippen molar-refractivity contribution in [2.24, 2.45) is 10.9 Å². The lowest BCUT2D eigenvalue weighted by Gasteiger charge is -2.24. The summed E-state index contributed by atoms with van der Waals surface area (Å²) in [5, 5.41) is 14.1. The van der Waals surface area contributed by atoms with Crippen LogP contribution in [0, 0.1) is 0 Å². The van der Waals surface area contributed by atoms with Crippen LogP contribution in [0.4, 0.5) is 0 Å². The first-order valence-electron chi connectivity index (χ1n) is 5.15. The van der Waals surface area contributed by atoms with Crippen LogP contribution >= 0.6 is 0 Å². The van der Waals surface area contributed by atoms with E-state index in [1.165, 1.54) is 0 Å². The Morgan fingerprint density at radius 1 is 1.62 bits per heavy atom. The van der Waals surface area contributed by atoms with Gasteiger partial charge in [0.05, 0.1) is 11.6 Å². The number of carbonyl (C=O) groups excluding carboxylic acids is 1. The van der Waals surface area contributed by atoms with Crippen LogP contribution in [0.3, 0.4) is 0 Å². The third-order valence-corrected chi connectivity index (χ3v) is 2.38. The van der Waals surface area contributed by atoms with Crippen LogP contribution in [0.15, 0.2) is 5.16 Å². The molecule has 1 amide bonds. The lowest BCUT2D eigenvalue weighted by Crippen LogP contribution is -2.53. The first-order chi connectivity index (χ1) is 7.33. The number of methoxy groups -OCH3 is 1. The number of nitrogens with zero attached hydrogens (tertiary/aromatic N) is 1. The van der Waals surface area contributed by atoms with Crippen molar-refractivity contribution in [3.05, 3.63) is 0 Å². The molecule has 6 heteroatoms. The minimum atomic E-state index is -0.845. The van der Waals surface area contributed by atoms with Crippen LogP contribution in [-0.2, 0) is 9.53 Å². The van der Waals surface area contributed by atoms with Gasteiger partial charge >= 0.3 is 0 Å². The second kappa shape index (κ2) is 6.32. The predicted molar refractivity (Wildman–Crippen MR) is 61.3 cm³/mol. The molecule has 4 N–H and O–H groups in total. The van der Waals surface area contributed by atoms with Gasteiger partial charge < -0.3 is 21.0 Å². The lowest BCUT2D eigenvalue weighted by atomic mass is 10.0. The molecule has 0 aromatic rings. The molecule has 94 valence electrons. The molecule has 0 saturated heterocycles. The van der Waals surface area contributed by atoms with E-state index >= 15 is 0 Å². The molecule has 0 spiro atoms. The fourth-order valence-electron chi connectivity index (χ4n) is 1.05. The Morgan fingerprint density at radius 3 is 2.62 bits per heavy atom. The van der Waals surface area contributed by atoms with Crippen molar-refractivity contribution >= 4 is 11.7 Å². The Labute approximate surface area is 95.8 Å². The summed E-state index contributed by atoms with van der Waals surface area (Å²) in [5.74, 6) is -0.180. The quantitative estimate of drug-likeness (QED) is 0.267. The summed E-state index contributed by atoms with van der Waals surface area (Å²) >= 11 is 0. The van der Waals surface area contributed by atoms with Crippen LogP contribution in [0.5, 0.6) is 0 Å². The summed E-state index contributed by atoms with van der Waals surface area (Å²) < 4.78 is 5.03. The van der Waals surface area contributed by atoms with E-state index in [0.717, 1.165) is 0 Å². The van der Waals surface area contributed by atoms with Gasteiger partial charge in [-0.15, -0.1) is 0 Å². The number of amides is 1. The van der Waals surface area contributed by atoms with E-state index in [9.17, 15) is 4.79 Å². The molecular weight excluding hydrogens is 210 g/mol. The molecule has 0 aromatic carbocycles. The van der Waals surface area contributed by atoms with Gasteiger partial charge in [0.25, 0.3) is 0 Å². The first kappa shape index (κ1) is 14.7. The maximum atomic E-state index is 11.5. The molecular formula is C10H21N3O3. The molecule has 0 saturated carbocycles. The zero-order valence-corrected chi connectivity index (χ0v) is 10.3. The molecule has 6 nitrogen and oxygen atoms in total. The highest BCUT2D eigenvalue weighted by Gasteiger charge is 2.25. The molecule has 0 aliphatic heterocycles. The van der Waals surface area contributed by atoms with Crippen molar-refractivity contribution in [2.75, 3.05) is 7.11 Å². The number of nitrogens with two attached hydrogens (primary N) is 1. The van der Waals surface area contributed by atoms with Gasteiger partial charge in [0.15, 0.2) is 5.84 Å². The van der Waals surface area contributed by atoms with E-state index in [0.29, 0.717) is 12.8 Å². The van der Waals surface area contributed by atoms with Crippen molar-refractivity contribution in [2.45, 2.75) is 45.3 Å². The summed E-state index contributed by atoms with van der Waals surface area (Å²) in [6.07, 6.45) is 1.02. The zero-order valence-electron chi connectivity index (χ0n) is 10.3. The molecule has 0 aliphatic rings.